The highest BCUT2D eigenvalue weighted by atomic mass is 16.5. The molecule has 0 aliphatic rings. The van der Waals surface area contributed by atoms with Gasteiger partial charge < -0.3 is 29.6 Å². The largest absolute Gasteiger partial charge is 0.494 e. The number of hydrogen-bond acceptors (Lipinski definition) is 8. The first-order valence-corrected chi connectivity index (χ1v) is 10.8. The number of hydrogen-bond donors (Lipinski definition) is 2. The number of aromatic nitrogens is 2. The topological polar surface area (TPSA) is 86.8 Å². The minimum Gasteiger partial charge on any atom is -0.494 e. The molecule has 3 aromatic rings. The van der Waals surface area contributed by atoms with Crippen LogP contribution in [0.15, 0.2) is 48.7 Å². The molecule has 0 radical (unpaired) electrons. The van der Waals surface area contributed by atoms with Crippen LogP contribution in [-0.2, 0) is 0 Å². The molecule has 170 valence electrons. The molecular weight excluding hydrogens is 408 g/mol. The number of rotatable bonds is 12. The van der Waals surface area contributed by atoms with Crippen molar-refractivity contribution in [1.82, 2.24) is 9.97 Å². The third-order valence-electron chi connectivity index (χ3n) is 4.24. The molecule has 0 unspecified atom stereocenters. The van der Waals surface area contributed by atoms with Gasteiger partial charge in [-0.1, -0.05) is 6.07 Å². The predicted molar refractivity (Wildman–Crippen MR) is 126 cm³/mol. The van der Waals surface area contributed by atoms with Crippen LogP contribution in [0, 0.1) is 0 Å². The molecule has 0 aliphatic heterocycles. The van der Waals surface area contributed by atoms with Gasteiger partial charge in [0, 0.05) is 35.8 Å². The van der Waals surface area contributed by atoms with Crippen LogP contribution in [0.25, 0.3) is 0 Å². The first-order valence-electron chi connectivity index (χ1n) is 10.8. The summed E-state index contributed by atoms with van der Waals surface area (Å²) in [5, 5.41) is 6.50. The van der Waals surface area contributed by atoms with Crippen molar-refractivity contribution in [3.05, 3.63) is 48.7 Å². The lowest BCUT2D eigenvalue weighted by molar-refractivity contribution is 0.261. The van der Waals surface area contributed by atoms with Gasteiger partial charge in [-0.15, -0.1) is 0 Å². The fourth-order valence-electron chi connectivity index (χ4n) is 3.06. The van der Waals surface area contributed by atoms with Gasteiger partial charge in [0.25, 0.3) is 0 Å². The van der Waals surface area contributed by atoms with E-state index in [9.17, 15) is 0 Å². The van der Waals surface area contributed by atoms with E-state index < -0.39 is 0 Å². The molecule has 0 atom stereocenters. The summed E-state index contributed by atoms with van der Waals surface area (Å²) >= 11 is 0. The van der Waals surface area contributed by atoms with Gasteiger partial charge in [0.05, 0.1) is 26.4 Å². The summed E-state index contributed by atoms with van der Waals surface area (Å²) in [5.74, 6) is 3.68. The summed E-state index contributed by atoms with van der Waals surface area (Å²) in [6.45, 7) is 9.86. The van der Waals surface area contributed by atoms with Crippen molar-refractivity contribution in [2.45, 2.75) is 27.7 Å². The van der Waals surface area contributed by atoms with E-state index in [0.717, 1.165) is 17.1 Å². The SMILES string of the molecule is CCOc1cccc(Nc2ccnc(Nc3cc(OCC)c(OCC)c(OCC)c3)n2)c1. The van der Waals surface area contributed by atoms with Gasteiger partial charge in [-0.05, 0) is 45.9 Å². The molecule has 3 rings (SSSR count). The Kier molecular flexibility index (Phi) is 8.36. The van der Waals surface area contributed by atoms with Gasteiger partial charge in [-0.2, -0.15) is 4.98 Å². The molecule has 0 fully saturated rings. The van der Waals surface area contributed by atoms with E-state index in [0.29, 0.717) is 55.4 Å². The number of benzene rings is 2. The second kappa shape index (κ2) is 11.6. The Hall–Kier alpha value is -3.68. The average molecular weight is 439 g/mol. The van der Waals surface area contributed by atoms with E-state index in [1.165, 1.54) is 0 Å². The Morgan fingerprint density at radius 2 is 1.41 bits per heavy atom. The van der Waals surface area contributed by atoms with Crippen molar-refractivity contribution in [3.8, 4) is 23.0 Å². The molecule has 0 saturated heterocycles. The number of ether oxygens (including phenoxy) is 4. The minimum atomic E-state index is 0.435. The monoisotopic (exact) mass is 438 g/mol. The zero-order valence-electron chi connectivity index (χ0n) is 19.0. The summed E-state index contributed by atoms with van der Waals surface area (Å²) in [6.07, 6.45) is 1.69. The number of anilines is 4. The Balaban J connectivity index is 1.83. The fourth-order valence-corrected chi connectivity index (χ4v) is 3.06. The van der Waals surface area contributed by atoms with Crippen LogP contribution in [0.3, 0.4) is 0 Å². The molecular formula is C24H30N4O4. The predicted octanol–water partition coefficient (Wildman–Crippen LogP) is 5.56. The molecule has 0 amide bonds. The highest BCUT2D eigenvalue weighted by molar-refractivity contribution is 5.66. The quantitative estimate of drug-likeness (QED) is 0.380. The third-order valence-corrected chi connectivity index (χ3v) is 4.24. The van der Waals surface area contributed by atoms with Gasteiger partial charge in [0.15, 0.2) is 11.5 Å². The normalized spacial score (nSPS) is 10.4. The Labute approximate surface area is 188 Å². The lowest BCUT2D eigenvalue weighted by Crippen LogP contribution is -2.05. The molecule has 8 heteroatoms. The molecule has 32 heavy (non-hydrogen) atoms. The molecule has 0 aliphatic carbocycles. The summed E-state index contributed by atoms with van der Waals surface area (Å²) in [6, 6.07) is 13.2. The molecule has 0 bridgehead atoms. The molecule has 2 aromatic carbocycles. The average Bonchev–Trinajstić information content (AvgIpc) is 2.77. The zero-order chi connectivity index (χ0) is 22.8. The Morgan fingerprint density at radius 1 is 0.719 bits per heavy atom. The van der Waals surface area contributed by atoms with Crippen LogP contribution in [0.4, 0.5) is 23.1 Å². The molecule has 1 aromatic heterocycles. The first-order chi connectivity index (χ1) is 15.7. The van der Waals surface area contributed by atoms with E-state index in [2.05, 4.69) is 20.6 Å². The molecule has 1 heterocycles. The lowest BCUT2D eigenvalue weighted by Gasteiger charge is -2.17. The van der Waals surface area contributed by atoms with Crippen molar-refractivity contribution in [2.75, 3.05) is 37.1 Å². The Morgan fingerprint density at radius 3 is 2.06 bits per heavy atom. The van der Waals surface area contributed by atoms with Crippen LogP contribution in [-0.4, -0.2) is 36.4 Å². The Bertz CT molecular complexity index is 986. The molecule has 0 saturated carbocycles. The van der Waals surface area contributed by atoms with Gasteiger partial charge >= 0.3 is 0 Å². The van der Waals surface area contributed by atoms with E-state index in [1.807, 2.05) is 64.1 Å². The summed E-state index contributed by atoms with van der Waals surface area (Å²) in [7, 11) is 0. The van der Waals surface area contributed by atoms with Crippen LogP contribution < -0.4 is 29.6 Å². The summed E-state index contributed by atoms with van der Waals surface area (Å²) < 4.78 is 22.9. The number of nitrogens with one attached hydrogen (secondary N) is 2. The molecule has 8 nitrogen and oxygen atoms in total. The highest BCUT2D eigenvalue weighted by Gasteiger charge is 2.15. The molecule has 0 spiro atoms. The maximum Gasteiger partial charge on any atom is 0.229 e. The van der Waals surface area contributed by atoms with Crippen molar-refractivity contribution in [2.24, 2.45) is 0 Å². The minimum absolute atomic E-state index is 0.435. The van der Waals surface area contributed by atoms with Crippen molar-refractivity contribution in [3.63, 3.8) is 0 Å². The van der Waals surface area contributed by atoms with Crippen LogP contribution in [0.1, 0.15) is 27.7 Å². The number of nitrogens with zero attached hydrogens (tertiary/aromatic N) is 2. The third kappa shape index (κ3) is 6.16. The van der Waals surface area contributed by atoms with Crippen molar-refractivity contribution >= 4 is 23.1 Å². The van der Waals surface area contributed by atoms with E-state index in [1.54, 1.807) is 12.3 Å². The van der Waals surface area contributed by atoms with E-state index in [-0.39, 0.29) is 0 Å². The van der Waals surface area contributed by atoms with Crippen LogP contribution in [0.5, 0.6) is 23.0 Å². The van der Waals surface area contributed by atoms with Gasteiger partial charge in [0.1, 0.15) is 11.6 Å². The van der Waals surface area contributed by atoms with E-state index in [4.69, 9.17) is 18.9 Å². The van der Waals surface area contributed by atoms with Gasteiger partial charge in [-0.25, -0.2) is 4.98 Å². The van der Waals surface area contributed by atoms with Gasteiger partial charge in [-0.3, -0.25) is 0 Å². The lowest BCUT2D eigenvalue weighted by atomic mass is 10.2. The second-order valence-electron chi connectivity index (χ2n) is 6.58. The van der Waals surface area contributed by atoms with Crippen LogP contribution >= 0.6 is 0 Å². The van der Waals surface area contributed by atoms with Crippen molar-refractivity contribution < 1.29 is 18.9 Å². The second-order valence-corrected chi connectivity index (χ2v) is 6.58. The van der Waals surface area contributed by atoms with Gasteiger partial charge in [0.2, 0.25) is 11.7 Å². The molecule has 2 N–H and O–H groups in total. The first kappa shape index (κ1) is 23.0. The summed E-state index contributed by atoms with van der Waals surface area (Å²) in [4.78, 5) is 8.90. The summed E-state index contributed by atoms with van der Waals surface area (Å²) in [5.41, 5.74) is 1.61. The maximum atomic E-state index is 5.78. The van der Waals surface area contributed by atoms with E-state index >= 15 is 0 Å². The van der Waals surface area contributed by atoms with Crippen LogP contribution in [0.2, 0.25) is 0 Å². The maximum absolute atomic E-state index is 5.78. The highest BCUT2D eigenvalue weighted by Crippen LogP contribution is 2.41. The zero-order valence-corrected chi connectivity index (χ0v) is 19.0. The standard InChI is InChI=1S/C24H30N4O4/c1-5-29-19-11-9-10-17(14-19)26-22-12-13-25-24(28-22)27-18-15-20(30-6-2)23(32-8-4)21(16-18)31-7-3/h9-16H,5-8H2,1-4H3,(H2,25,26,27,28). The fraction of sp³-hybridized carbons (Fsp3) is 0.333. The van der Waals surface area contributed by atoms with Crippen molar-refractivity contribution in [1.29, 1.82) is 0 Å². The smallest absolute Gasteiger partial charge is 0.229 e.